The number of nitrogens with one attached hydrogen (secondary N) is 1. The van der Waals surface area contributed by atoms with Gasteiger partial charge in [-0.15, -0.1) is 0 Å². The highest BCUT2D eigenvalue weighted by Crippen LogP contribution is 2.14. The average Bonchev–Trinajstić information content (AvgIpc) is 2.54. The predicted molar refractivity (Wildman–Crippen MR) is 90.6 cm³/mol. The second-order valence-corrected chi connectivity index (χ2v) is 8.89. The molecule has 0 aliphatic carbocycles. The zero-order valence-corrected chi connectivity index (χ0v) is 15.4. The van der Waals surface area contributed by atoms with Gasteiger partial charge in [-0.2, -0.15) is 0 Å². The van der Waals surface area contributed by atoms with E-state index in [0.29, 0.717) is 5.82 Å². The summed E-state index contributed by atoms with van der Waals surface area (Å²) in [6.45, 7) is 4.03. The van der Waals surface area contributed by atoms with E-state index in [9.17, 15) is 16.8 Å². The summed E-state index contributed by atoms with van der Waals surface area (Å²) >= 11 is 0. The summed E-state index contributed by atoms with van der Waals surface area (Å²) in [7, 11) is -7.59. The molecule has 3 N–H and O–H groups in total. The van der Waals surface area contributed by atoms with E-state index in [1.165, 1.54) is 12.3 Å². The van der Waals surface area contributed by atoms with E-state index in [1.54, 1.807) is 6.07 Å². The number of pyridine rings is 1. The van der Waals surface area contributed by atoms with Crippen molar-refractivity contribution in [3.05, 3.63) is 42.1 Å². The molecule has 136 valence electrons. The van der Waals surface area contributed by atoms with Crippen LogP contribution >= 0.6 is 0 Å². The van der Waals surface area contributed by atoms with Crippen LogP contribution in [0.25, 0.3) is 0 Å². The van der Waals surface area contributed by atoms with Crippen LogP contribution in [0.1, 0.15) is 31.2 Å². The number of hydrogen-bond acceptors (Lipinski definition) is 7. The van der Waals surface area contributed by atoms with Crippen LogP contribution in [0.15, 0.2) is 40.6 Å². The molecule has 2 aromatic rings. The molecule has 9 nitrogen and oxygen atoms in total. The normalized spacial score (nSPS) is 12.5. The fourth-order valence-corrected chi connectivity index (χ4v) is 3.24. The first kappa shape index (κ1) is 19.4. The molecule has 0 spiro atoms. The third-order valence-corrected chi connectivity index (χ3v) is 5.60. The second kappa shape index (κ2) is 7.52. The molecule has 0 radical (unpaired) electrons. The molecule has 2 heterocycles. The van der Waals surface area contributed by atoms with Gasteiger partial charge in [0.1, 0.15) is 10.7 Å². The highest BCUT2D eigenvalue weighted by atomic mass is 32.2. The first-order valence-corrected chi connectivity index (χ1v) is 10.4. The quantitative estimate of drug-likeness (QED) is 0.690. The van der Waals surface area contributed by atoms with E-state index >= 15 is 0 Å². The minimum atomic E-state index is -3.85. The van der Waals surface area contributed by atoms with E-state index in [0.717, 1.165) is 18.0 Å². The van der Waals surface area contributed by atoms with Crippen molar-refractivity contribution in [1.29, 1.82) is 0 Å². The fourth-order valence-electron chi connectivity index (χ4n) is 1.88. The van der Waals surface area contributed by atoms with Crippen molar-refractivity contribution in [2.24, 2.45) is 5.14 Å². The number of sulfonamides is 2. The Morgan fingerprint density at radius 1 is 1.04 bits per heavy atom. The van der Waals surface area contributed by atoms with Gasteiger partial charge in [0, 0.05) is 19.2 Å². The standard InChI is InChI=1S/C14H19N5O4S2/c1-10(2)11-3-4-14(18-7-11)25(22,23)19-6-5-13-16-8-12(9-17-13)24(15,20)21/h3-4,7-10,19H,5-6H2,1-2H3,(H2,15,20,21). The Labute approximate surface area is 146 Å². The third kappa shape index (κ3) is 5.26. The number of primary sulfonamides is 1. The number of nitrogens with two attached hydrogens (primary N) is 1. The molecule has 2 rings (SSSR count). The molecule has 0 aromatic carbocycles. The highest BCUT2D eigenvalue weighted by Gasteiger charge is 2.16. The Hall–Kier alpha value is -1.95. The van der Waals surface area contributed by atoms with Crippen LogP contribution in [0.4, 0.5) is 0 Å². The first-order chi connectivity index (χ1) is 11.6. The lowest BCUT2D eigenvalue weighted by atomic mass is 10.1. The molecular weight excluding hydrogens is 366 g/mol. The van der Waals surface area contributed by atoms with Crippen LogP contribution in [0, 0.1) is 0 Å². The number of nitrogens with zero attached hydrogens (tertiary/aromatic N) is 3. The Kier molecular flexibility index (Phi) is 5.83. The number of aromatic nitrogens is 3. The predicted octanol–water partition coefficient (Wildman–Crippen LogP) is 0.163. The number of rotatable bonds is 7. The van der Waals surface area contributed by atoms with Gasteiger partial charge in [-0.3, -0.25) is 0 Å². The molecule has 0 aliphatic rings. The Morgan fingerprint density at radius 2 is 1.68 bits per heavy atom. The summed E-state index contributed by atoms with van der Waals surface area (Å²) < 4.78 is 49.0. The monoisotopic (exact) mass is 385 g/mol. The summed E-state index contributed by atoms with van der Waals surface area (Å²) in [6.07, 6.45) is 3.89. The number of hydrogen-bond donors (Lipinski definition) is 2. The summed E-state index contributed by atoms with van der Waals surface area (Å²) in [6, 6.07) is 3.18. The van der Waals surface area contributed by atoms with E-state index in [1.807, 2.05) is 13.8 Å². The van der Waals surface area contributed by atoms with E-state index in [-0.39, 0.29) is 28.8 Å². The van der Waals surface area contributed by atoms with Gasteiger partial charge < -0.3 is 0 Å². The van der Waals surface area contributed by atoms with Crippen LogP contribution in [-0.2, 0) is 26.5 Å². The van der Waals surface area contributed by atoms with Gasteiger partial charge in [0.25, 0.3) is 10.0 Å². The minimum Gasteiger partial charge on any atom is -0.243 e. The van der Waals surface area contributed by atoms with Gasteiger partial charge in [0.05, 0.1) is 12.4 Å². The highest BCUT2D eigenvalue weighted by molar-refractivity contribution is 7.89. The molecule has 2 aromatic heterocycles. The minimum absolute atomic E-state index is 0.0463. The first-order valence-electron chi connectivity index (χ1n) is 7.39. The van der Waals surface area contributed by atoms with Crippen LogP contribution < -0.4 is 9.86 Å². The molecule has 11 heteroatoms. The molecule has 0 amide bonds. The summed E-state index contributed by atoms with van der Waals surface area (Å²) in [5.41, 5.74) is 0.947. The topological polar surface area (TPSA) is 145 Å². The molecule has 0 saturated heterocycles. The van der Waals surface area contributed by atoms with Crippen LogP contribution in [0.3, 0.4) is 0 Å². The molecule has 0 unspecified atom stereocenters. The zero-order chi connectivity index (χ0) is 18.7. The van der Waals surface area contributed by atoms with Crippen LogP contribution in [0.5, 0.6) is 0 Å². The average molecular weight is 385 g/mol. The largest absolute Gasteiger partial charge is 0.258 e. The van der Waals surface area contributed by atoms with Crippen LogP contribution in [-0.4, -0.2) is 38.3 Å². The van der Waals surface area contributed by atoms with Gasteiger partial charge in [0.2, 0.25) is 10.0 Å². The lowest BCUT2D eigenvalue weighted by Crippen LogP contribution is -2.27. The van der Waals surface area contributed by atoms with Crippen molar-refractivity contribution in [2.75, 3.05) is 6.54 Å². The summed E-state index contributed by atoms with van der Waals surface area (Å²) in [5, 5.41) is 4.88. The molecule has 0 aliphatic heterocycles. The summed E-state index contributed by atoms with van der Waals surface area (Å²) in [4.78, 5) is 11.5. The van der Waals surface area contributed by atoms with Crippen molar-refractivity contribution in [2.45, 2.75) is 36.1 Å². The van der Waals surface area contributed by atoms with Crippen LogP contribution in [0.2, 0.25) is 0 Å². The molecule has 0 atom stereocenters. The maximum Gasteiger partial charge on any atom is 0.258 e. The lowest BCUT2D eigenvalue weighted by molar-refractivity contribution is 0.576. The summed E-state index contributed by atoms with van der Waals surface area (Å²) in [5.74, 6) is 0.549. The van der Waals surface area contributed by atoms with Gasteiger partial charge in [-0.25, -0.2) is 41.6 Å². The van der Waals surface area contributed by atoms with Crippen molar-refractivity contribution < 1.29 is 16.8 Å². The lowest BCUT2D eigenvalue weighted by Gasteiger charge is -2.08. The Bertz CT molecular complexity index is 924. The SMILES string of the molecule is CC(C)c1ccc(S(=O)(=O)NCCc2ncc(S(N)(=O)=O)cn2)nc1. The van der Waals surface area contributed by atoms with Crippen molar-refractivity contribution in [3.8, 4) is 0 Å². The zero-order valence-electron chi connectivity index (χ0n) is 13.7. The molecule has 0 saturated carbocycles. The van der Waals surface area contributed by atoms with Gasteiger partial charge in [0.15, 0.2) is 5.03 Å². The molecular formula is C14H19N5O4S2. The Balaban J connectivity index is 1.98. The van der Waals surface area contributed by atoms with Crippen molar-refractivity contribution in [3.63, 3.8) is 0 Å². The Morgan fingerprint density at radius 3 is 2.16 bits per heavy atom. The molecule has 25 heavy (non-hydrogen) atoms. The van der Waals surface area contributed by atoms with Crippen molar-refractivity contribution >= 4 is 20.0 Å². The van der Waals surface area contributed by atoms with Gasteiger partial charge in [-0.05, 0) is 17.5 Å². The maximum atomic E-state index is 12.2. The van der Waals surface area contributed by atoms with E-state index in [4.69, 9.17) is 5.14 Å². The second-order valence-electron chi connectivity index (χ2n) is 5.61. The molecule has 0 bridgehead atoms. The van der Waals surface area contributed by atoms with E-state index < -0.39 is 20.0 Å². The van der Waals surface area contributed by atoms with Gasteiger partial charge >= 0.3 is 0 Å². The molecule has 0 fully saturated rings. The smallest absolute Gasteiger partial charge is 0.243 e. The van der Waals surface area contributed by atoms with Crippen molar-refractivity contribution in [1.82, 2.24) is 19.7 Å². The third-order valence-electron chi connectivity index (χ3n) is 3.35. The van der Waals surface area contributed by atoms with Gasteiger partial charge in [-0.1, -0.05) is 19.9 Å². The van der Waals surface area contributed by atoms with E-state index in [2.05, 4.69) is 19.7 Å². The fraction of sp³-hybridized carbons (Fsp3) is 0.357. The maximum absolute atomic E-state index is 12.2.